The van der Waals surface area contributed by atoms with Crippen LogP contribution in [0.2, 0.25) is 3.72 Å². The predicted octanol–water partition coefficient (Wildman–Crippen LogP) is 6.51. The summed E-state index contributed by atoms with van der Waals surface area (Å²) in [4.78, 5) is 0. The topological polar surface area (TPSA) is 28.2 Å². The number of nitrogens with zero attached hydrogens (tertiary/aromatic N) is 2. The van der Waals surface area contributed by atoms with Gasteiger partial charge in [0.2, 0.25) is 0 Å². The first-order chi connectivity index (χ1) is 10.0. The first-order valence-electron chi connectivity index (χ1n) is 7.46. The maximum atomic E-state index is 3.66. The second kappa shape index (κ2) is 17.0. The Hall–Kier alpha value is -0.406. The molecule has 3 heteroatoms. The van der Waals surface area contributed by atoms with Crippen molar-refractivity contribution in [1.82, 2.24) is 0 Å². The molecule has 0 spiro atoms. The summed E-state index contributed by atoms with van der Waals surface area (Å²) in [6, 6.07) is 0. The summed E-state index contributed by atoms with van der Waals surface area (Å²) < 4.78 is 2.28. The van der Waals surface area contributed by atoms with Gasteiger partial charge in [0.1, 0.15) is 0 Å². The Balaban J connectivity index is -0.000000258. The molecule has 0 aliphatic heterocycles. The molecule has 0 amide bonds. The van der Waals surface area contributed by atoms with E-state index < -0.39 is 0 Å². The molecule has 1 rings (SSSR count). The minimum Gasteiger partial charge on any atom is -0.668 e. The maximum Gasteiger partial charge on any atom is -0.162 e. The summed E-state index contributed by atoms with van der Waals surface area (Å²) >= 11 is 0.146. The van der Waals surface area contributed by atoms with Crippen molar-refractivity contribution in [2.24, 2.45) is 0 Å². The van der Waals surface area contributed by atoms with Crippen LogP contribution in [0.15, 0.2) is 46.4 Å². The fourth-order valence-corrected chi connectivity index (χ4v) is 3.15. The summed E-state index contributed by atoms with van der Waals surface area (Å²) in [7, 11) is 7.00. The second-order valence-corrected chi connectivity index (χ2v) is 9.89. The molecule has 1 aliphatic rings. The number of hydrogen-bond acceptors (Lipinski definition) is 0. The zero-order chi connectivity index (χ0) is 18.2. The van der Waals surface area contributed by atoms with E-state index >= 15 is 0 Å². The van der Waals surface area contributed by atoms with Crippen LogP contribution in [-0.2, 0) is 19.2 Å². The van der Waals surface area contributed by atoms with E-state index in [1.807, 2.05) is 13.8 Å². The first-order valence-corrected chi connectivity index (χ1v) is 9.02. The van der Waals surface area contributed by atoms with E-state index in [9.17, 15) is 0 Å². The van der Waals surface area contributed by atoms with Crippen molar-refractivity contribution in [3.05, 3.63) is 57.0 Å². The van der Waals surface area contributed by atoms with E-state index in [-0.39, 0.29) is 19.2 Å². The van der Waals surface area contributed by atoms with Gasteiger partial charge in [-0.1, -0.05) is 24.3 Å². The van der Waals surface area contributed by atoms with Crippen molar-refractivity contribution in [2.75, 3.05) is 28.2 Å². The van der Waals surface area contributed by atoms with E-state index in [2.05, 4.69) is 62.8 Å². The summed E-state index contributed by atoms with van der Waals surface area (Å²) in [5, 5.41) is 7.00. The minimum atomic E-state index is 0.146. The third-order valence-electron chi connectivity index (χ3n) is 2.04. The van der Waals surface area contributed by atoms with Gasteiger partial charge in [0.25, 0.3) is 0 Å². The van der Waals surface area contributed by atoms with Gasteiger partial charge in [-0.3, -0.25) is 0 Å². The number of rotatable bonds is 2. The van der Waals surface area contributed by atoms with Crippen LogP contribution in [-0.4, -0.2) is 28.2 Å². The molecule has 0 heterocycles. The molecular formula is C19H36N2Ti. The molecule has 126 valence electrons. The van der Waals surface area contributed by atoms with Crippen LogP contribution in [0.3, 0.4) is 0 Å². The Kier molecular flexibility index (Phi) is 20.4. The fourth-order valence-electron chi connectivity index (χ4n) is 1.02. The Morgan fingerprint density at radius 3 is 1.55 bits per heavy atom. The van der Waals surface area contributed by atoms with Crippen molar-refractivity contribution >= 4 is 0 Å². The zero-order valence-electron chi connectivity index (χ0n) is 16.2. The van der Waals surface area contributed by atoms with Gasteiger partial charge in [-0.15, -0.1) is 0 Å². The first kappa shape index (κ1) is 26.5. The number of hydrogen-bond donors (Lipinski definition) is 0. The Morgan fingerprint density at radius 1 is 1.00 bits per heavy atom. The molecule has 0 atom stereocenters. The maximum absolute atomic E-state index is 3.66. The summed E-state index contributed by atoms with van der Waals surface area (Å²) in [6.07, 6.45) is 7.97. The van der Waals surface area contributed by atoms with Gasteiger partial charge in [-0.25, -0.2) is 0 Å². The van der Waals surface area contributed by atoms with E-state index in [4.69, 9.17) is 0 Å². The Morgan fingerprint density at radius 2 is 1.36 bits per heavy atom. The third kappa shape index (κ3) is 27.9. The third-order valence-corrected chi connectivity index (χ3v) is 4.29. The second-order valence-electron chi connectivity index (χ2n) is 6.15. The normalized spacial score (nSPS) is 11.4. The molecule has 1 aliphatic carbocycles. The van der Waals surface area contributed by atoms with Gasteiger partial charge in [-0.2, -0.15) is 28.2 Å². The number of allylic oxidation sites excluding steroid dienone is 6. The minimum absolute atomic E-state index is 0.146. The molecule has 2 nitrogen and oxygen atoms in total. The van der Waals surface area contributed by atoms with Gasteiger partial charge < -0.3 is 10.6 Å². The molecule has 22 heavy (non-hydrogen) atoms. The predicted molar refractivity (Wildman–Crippen MR) is 102 cm³/mol. The average Bonchev–Trinajstić information content (AvgIpc) is 2.82. The monoisotopic (exact) mass is 340 g/mol. The summed E-state index contributed by atoms with van der Waals surface area (Å²) in [5.41, 5.74) is 2.13. The van der Waals surface area contributed by atoms with Crippen molar-refractivity contribution in [3.63, 3.8) is 0 Å². The van der Waals surface area contributed by atoms with Crippen LogP contribution in [0, 0.1) is 0 Å². The molecule has 0 unspecified atom stereocenters. The van der Waals surface area contributed by atoms with Gasteiger partial charge in [-0.05, 0) is 13.8 Å². The molecule has 0 N–H and O–H groups in total. The Labute approximate surface area is 149 Å². The molecule has 0 fully saturated rings. The van der Waals surface area contributed by atoms with Crippen LogP contribution in [0.5, 0.6) is 0 Å². The largest absolute Gasteiger partial charge is 0.668 e. The van der Waals surface area contributed by atoms with Crippen LogP contribution in [0.1, 0.15) is 41.0 Å². The van der Waals surface area contributed by atoms with Crippen molar-refractivity contribution in [1.29, 1.82) is 0 Å². The zero-order valence-corrected chi connectivity index (χ0v) is 17.8. The van der Waals surface area contributed by atoms with E-state index in [1.54, 1.807) is 32.1 Å². The standard InChI is InChI=1S/C6H10.C5H5.C4H9.2C2H6N.Ti/c1-5(2)6(3)4;1-2-4-5-3-1;1-4(2)3;2*1-3-2;/h1,3H2,2,4H3;1-3H,4H2;1-3H3;2*1-2H3;/q;;;2*-1;+2. The fraction of sp³-hybridized carbons (Fsp3) is 0.579. The molecule has 0 saturated carbocycles. The molecule has 0 aromatic rings. The molecule has 0 saturated heterocycles. The van der Waals surface area contributed by atoms with Crippen LogP contribution in [0.4, 0.5) is 0 Å². The average molecular weight is 340 g/mol. The molecule has 0 aromatic heterocycles. The van der Waals surface area contributed by atoms with Gasteiger partial charge >= 0.3 is 72.2 Å². The van der Waals surface area contributed by atoms with Crippen molar-refractivity contribution in [3.8, 4) is 0 Å². The van der Waals surface area contributed by atoms with Gasteiger partial charge in [0, 0.05) is 0 Å². The van der Waals surface area contributed by atoms with Crippen LogP contribution >= 0.6 is 0 Å². The van der Waals surface area contributed by atoms with E-state index in [0.29, 0.717) is 3.72 Å². The molecular weight excluding hydrogens is 304 g/mol. The van der Waals surface area contributed by atoms with Crippen LogP contribution < -0.4 is 0 Å². The smallest absolute Gasteiger partial charge is 0.162 e. The quantitative estimate of drug-likeness (QED) is 0.405. The summed E-state index contributed by atoms with van der Waals surface area (Å²) in [6.45, 7) is 18.2. The van der Waals surface area contributed by atoms with Gasteiger partial charge in [0.05, 0.1) is 0 Å². The van der Waals surface area contributed by atoms with E-state index in [1.165, 1.54) is 6.42 Å². The van der Waals surface area contributed by atoms with Gasteiger partial charge in [0.15, 0.2) is 0 Å². The van der Waals surface area contributed by atoms with Crippen molar-refractivity contribution in [2.45, 2.75) is 44.8 Å². The molecule has 0 radical (unpaired) electrons. The Bertz CT molecular complexity index is 333. The summed E-state index contributed by atoms with van der Waals surface area (Å²) in [5.74, 6) is 0. The molecule has 0 bridgehead atoms. The van der Waals surface area contributed by atoms with Crippen molar-refractivity contribution < 1.29 is 19.2 Å². The van der Waals surface area contributed by atoms with Crippen LogP contribution in [0.25, 0.3) is 10.6 Å². The van der Waals surface area contributed by atoms with E-state index in [0.717, 1.165) is 11.1 Å². The molecule has 0 aromatic carbocycles. The SMILES string of the molecule is C=C(C)C(=C)C.C[C](C)(C)[Ti+2][C]1=CC=CC1.C[N-]C.C[N-]C.